The summed E-state index contributed by atoms with van der Waals surface area (Å²) in [6, 6.07) is 6.92. The third-order valence-electron chi connectivity index (χ3n) is 5.06. The van der Waals surface area contributed by atoms with Gasteiger partial charge in [-0.25, -0.2) is 9.55 Å². The number of carbonyl (C=O) groups excluding carboxylic acids is 1. The highest BCUT2D eigenvalue weighted by molar-refractivity contribution is 5.86. The fraction of sp³-hybridized carbons (Fsp3) is 0.368. The lowest BCUT2D eigenvalue weighted by atomic mass is 10.1. The minimum absolute atomic E-state index is 0.0475. The Morgan fingerprint density at radius 3 is 2.93 bits per heavy atom. The zero-order valence-electron chi connectivity index (χ0n) is 16.1. The van der Waals surface area contributed by atoms with Crippen molar-refractivity contribution in [3.8, 4) is 5.75 Å². The van der Waals surface area contributed by atoms with Gasteiger partial charge in [0.05, 0.1) is 32.6 Å². The first-order valence-electron chi connectivity index (χ1n) is 9.28. The molecule has 11 heteroatoms. The topological polar surface area (TPSA) is 155 Å². The molecule has 4 rings (SSSR count). The number of nitrogens with two attached hydrogens (primary N) is 1. The van der Waals surface area contributed by atoms with Gasteiger partial charge in [-0.2, -0.15) is 4.98 Å². The van der Waals surface area contributed by atoms with Crippen LogP contribution in [0.4, 0.5) is 5.95 Å². The van der Waals surface area contributed by atoms with Gasteiger partial charge in [0.2, 0.25) is 11.9 Å². The molecule has 1 fully saturated rings. The van der Waals surface area contributed by atoms with Crippen molar-refractivity contribution in [1.29, 1.82) is 0 Å². The van der Waals surface area contributed by atoms with Crippen molar-refractivity contribution in [3.63, 3.8) is 0 Å². The van der Waals surface area contributed by atoms with Gasteiger partial charge in [-0.05, 0) is 17.7 Å². The number of methoxy groups -OCH3 is 1. The van der Waals surface area contributed by atoms with Gasteiger partial charge in [0.25, 0.3) is 5.56 Å². The van der Waals surface area contributed by atoms with Gasteiger partial charge in [0, 0.05) is 6.42 Å². The normalized spacial score (nSPS) is 21.2. The average molecular weight is 415 g/mol. The lowest BCUT2D eigenvalue weighted by molar-refractivity contribution is -0.0432. The summed E-state index contributed by atoms with van der Waals surface area (Å²) < 4.78 is 13.0. The number of aromatic nitrogens is 4. The van der Waals surface area contributed by atoms with Gasteiger partial charge in [0.15, 0.2) is 11.2 Å². The zero-order valence-corrected chi connectivity index (χ0v) is 16.1. The van der Waals surface area contributed by atoms with Crippen LogP contribution in [0.25, 0.3) is 11.2 Å². The third kappa shape index (κ3) is 3.43. The molecular formula is C19H21N5O6. The summed E-state index contributed by atoms with van der Waals surface area (Å²) in [5.74, 6) is -0.241. The van der Waals surface area contributed by atoms with E-state index in [0.29, 0.717) is 11.3 Å². The lowest BCUT2D eigenvalue weighted by Crippen LogP contribution is -2.31. The number of fused-ring (bicyclic) bond motifs is 1. The molecular weight excluding hydrogens is 394 g/mol. The lowest BCUT2D eigenvalue weighted by Gasteiger charge is -2.14. The molecule has 1 aliphatic rings. The molecule has 0 amide bonds. The number of carbonyl (C=O) groups is 1. The number of ether oxygens (including phenoxy) is 2. The summed E-state index contributed by atoms with van der Waals surface area (Å²) >= 11 is 0. The summed E-state index contributed by atoms with van der Waals surface area (Å²) in [6.07, 6.45) is -0.820. The van der Waals surface area contributed by atoms with Crippen LogP contribution in [-0.2, 0) is 11.2 Å². The van der Waals surface area contributed by atoms with E-state index in [9.17, 15) is 19.8 Å². The minimum atomic E-state index is -0.861. The first-order valence-corrected chi connectivity index (χ1v) is 9.28. The van der Waals surface area contributed by atoms with Crippen LogP contribution in [0.5, 0.6) is 5.75 Å². The molecule has 4 N–H and O–H groups in total. The molecule has 1 aliphatic heterocycles. The number of hydrogen-bond acceptors (Lipinski definition) is 9. The summed E-state index contributed by atoms with van der Waals surface area (Å²) in [7, 11) is 1.52. The Morgan fingerprint density at radius 2 is 2.23 bits per heavy atom. The molecule has 3 atom stereocenters. The van der Waals surface area contributed by atoms with Crippen LogP contribution in [0.15, 0.2) is 35.4 Å². The highest BCUT2D eigenvalue weighted by Crippen LogP contribution is 2.30. The van der Waals surface area contributed by atoms with Gasteiger partial charge < -0.3 is 25.4 Å². The molecule has 30 heavy (non-hydrogen) atoms. The maximum Gasteiger partial charge on any atom is 0.289 e. The monoisotopic (exact) mass is 415 g/mol. The van der Waals surface area contributed by atoms with Crippen molar-refractivity contribution < 1.29 is 24.5 Å². The second kappa shape index (κ2) is 7.86. The molecule has 11 nitrogen and oxygen atoms in total. The van der Waals surface area contributed by atoms with E-state index >= 15 is 0 Å². The molecule has 3 heterocycles. The predicted octanol–water partition coefficient (Wildman–Crippen LogP) is -0.293. The number of aliphatic hydroxyl groups is 2. The number of nitrogens with zero attached hydrogens (tertiary/aromatic N) is 4. The highest BCUT2D eigenvalue weighted by Gasteiger charge is 2.35. The first kappa shape index (κ1) is 20.0. The summed E-state index contributed by atoms with van der Waals surface area (Å²) in [6.45, 7) is -0.342. The van der Waals surface area contributed by atoms with Crippen molar-refractivity contribution in [2.75, 3.05) is 19.5 Å². The molecule has 0 radical (unpaired) electrons. The number of aliphatic hydroxyl groups excluding tert-OH is 2. The van der Waals surface area contributed by atoms with Crippen molar-refractivity contribution >= 4 is 23.0 Å². The Morgan fingerprint density at radius 1 is 1.43 bits per heavy atom. The van der Waals surface area contributed by atoms with E-state index in [4.69, 9.17) is 15.2 Å². The first-order chi connectivity index (χ1) is 14.4. The van der Waals surface area contributed by atoms with Crippen LogP contribution in [0.3, 0.4) is 0 Å². The Labute approximate surface area is 170 Å². The van der Waals surface area contributed by atoms with Crippen molar-refractivity contribution in [2.24, 2.45) is 0 Å². The molecule has 2 aromatic heterocycles. The van der Waals surface area contributed by atoms with Crippen molar-refractivity contribution in [2.45, 2.75) is 31.3 Å². The Hall–Kier alpha value is -3.28. The molecule has 1 saturated heterocycles. The summed E-state index contributed by atoms with van der Waals surface area (Å²) in [5.41, 5.74) is 5.99. The second-order valence-electron chi connectivity index (χ2n) is 6.97. The molecule has 0 bridgehead atoms. The van der Waals surface area contributed by atoms with E-state index in [1.807, 2.05) is 0 Å². The Kier molecular flexibility index (Phi) is 5.24. The van der Waals surface area contributed by atoms with E-state index in [1.165, 1.54) is 18.0 Å². The summed E-state index contributed by atoms with van der Waals surface area (Å²) in [5, 5.41) is 19.2. The minimum Gasteiger partial charge on any atom is -0.497 e. The van der Waals surface area contributed by atoms with E-state index < -0.39 is 29.9 Å². The van der Waals surface area contributed by atoms with Crippen LogP contribution >= 0.6 is 0 Å². The third-order valence-corrected chi connectivity index (χ3v) is 5.06. The maximum atomic E-state index is 12.9. The number of nitrogen functional groups attached to an aromatic ring is 1. The number of anilines is 1. The highest BCUT2D eigenvalue weighted by atomic mass is 16.5. The maximum absolute atomic E-state index is 12.9. The van der Waals surface area contributed by atoms with Gasteiger partial charge in [-0.3, -0.25) is 14.2 Å². The average Bonchev–Trinajstić information content (AvgIpc) is 3.31. The molecule has 0 saturated carbocycles. The largest absolute Gasteiger partial charge is 0.497 e. The molecule has 0 unspecified atom stereocenters. The van der Waals surface area contributed by atoms with Crippen LogP contribution in [0, 0.1) is 0 Å². The Balaban J connectivity index is 1.68. The van der Waals surface area contributed by atoms with Crippen LogP contribution in [-0.4, -0.2) is 61.1 Å². The van der Waals surface area contributed by atoms with E-state index in [2.05, 4.69) is 9.97 Å². The van der Waals surface area contributed by atoms with Crippen LogP contribution in [0.2, 0.25) is 0 Å². The number of rotatable bonds is 5. The second-order valence-corrected chi connectivity index (χ2v) is 6.97. The number of benzene rings is 1. The fourth-order valence-electron chi connectivity index (χ4n) is 3.52. The molecule has 0 spiro atoms. The van der Waals surface area contributed by atoms with E-state index in [-0.39, 0.29) is 36.6 Å². The smallest absolute Gasteiger partial charge is 0.289 e. The SMILES string of the molecule is COc1cccc(CC(=O)n2c(N)nc3c(ncn3[C@H]3C[C@H](O)[C@@H](CO)O3)c2=O)c1. The summed E-state index contributed by atoms with van der Waals surface area (Å²) in [4.78, 5) is 33.9. The molecule has 3 aromatic rings. The molecule has 1 aromatic carbocycles. The zero-order chi connectivity index (χ0) is 21.4. The molecule has 0 aliphatic carbocycles. The van der Waals surface area contributed by atoms with Crippen LogP contribution < -0.4 is 16.0 Å². The molecule has 158 valence electrons. The van der Waals surface area contributed by atoms with E-state index in [1.54, 1.807) is 24.3 Å². The van der Waals surface area contributed by atoms with Gasteiger partial charge in [-0.1, -0.05) is 12.1 Å². The Bertz CT molecular complexity index is 1160. The quantitative estimate of drug-likeness (QED) is 0.510. The predicted molar refractivity (Wildman–Crippen MR) is 105 cm³/mol. The van der Waals surface area contributed by atoms with Crippen molar-refractivity contribution in [3.05, 3.63) is 46.5 Å². The standard InChI is InChI=1S/C19H21N5O6/c1-29-11-4-2-3-10(5-11)6-14(27)24-18(28)16-17(22-19(24)20)23(9-21-16)15-7-12(26)13(8-25)30-15/h2-5,9,12-13,15,25-26H,6-8H2,1H3,(H2,20,22)/t12-,13+,15+/m0/s1. The number of hydrogen-bond donors (Lipinski definition) is 3. The van der Waals surface area contributed by atoms with Gasteiger partial charge >= 0.3 is 0 Å². The fourth-order valence-corrected chi connectivity index (χ4v) is 3.52. The number of imidazole rings is 1. The van der Waals surface area contributed by atoms with Gasteiger partial charge in [0.1, 0.15) is 18.1 Å². The van der Waals surface area contributed by atoms with Crippen molar-refractivity contribution in [1.82, 2.24) is 19.1 Å². The van der Waals surface area contributed by atoms with Gasteiger partial charge in [-0.15, -0.1) is 0 Å². The van der Waals surface area contributed by atoms with E-state index in [0.717, 1.165) is 4.57 Å². The van der Waals surface area contributed by atoms with Crippen LogP contribution in [0.1, 0.15) is 23.0 Å².